The van der Waals surface area contributed by atoms with Crippen LogP contribution >= 0.6 is 34.2 Å². The quantitative estimate of drug-likeness (QED) is 0.650. The fourth-order valence-electron chi connectivity index (χ4n) is 1.99. The van der Waals surface area contributed by atoms with E-state index in [1.807, 2.05) is 0 Å². The van der Waals surface area contributed by atoms with Crippen LogP contribution in [0.1, 0.15) is 10.4 Å². The van der Waals surface area contributed by atoms with Crippen molar-refractivity contribution in [3.05, 3.63) is 50.8 Å². The SMILES string of the molecule is COc1cc(I)c(Cl)cc1C(=O)Nc1ccnc2ccnn12. The lowest BCUT2D eigenvalue weighted by atomic mass is 10.2. The van der Waals surface area contributed by atoms with Gasteiger partial charge in [-0.2, -0.15) is 9.61 Å². The average molecular weight is 429 g/mol. The van der Waals surface area contributed by atoms with Crippen molar-refractivity contribution in [2.45, 2.75) is 0 Å². The van der Waals surface area contributed by atoms with Crippen molar-refractivity contribution in [2.24, 2.45) is 0 Å². The summed E-state index contributed by atoms with van der Waals surface area (Å²) in [6, 6.07) is 6.71. The molecule has 112 valence electrons. The number of amides is 1. The molecule has 1 amide bonds. The number of nitrogens with one attached hydrogen (secondary N) is 1. The van der Waals surface area contributed by atoms with Crippen molar-refractivity contribution < 1.29 is 9.53 Å². The van der Waals surface area contributed by atoms with Crippen LogP contribution in [-0.2, 0) is 0 Å². The molecule has 8 heteroatoms. The van der Waals surface area contributed by atoms with Gasteiger partial charge in [-0.15, -0.1) is 0 Å². The summed E-state index contributed by atoms with van der Waals surface area (Å²) in [5.41, 5.74) is 0.996. The van der Waals surface area contributed by atoms with Crippen molar-refractivity contribution >= 4 is 51.6 Å². The molecule has 1 N–H and O–H groups in total. The number of anilines is 1. The minimum absolute atomic E-state index is 0.335. The fraction of sp³-hybridized carbons (Fsp3) is 0.0714. The van der Waals surface area contributed by atoms with Crippen molar-refractivity contribution in [3.63, 3.8) is 0 Å². The number of rotatable bonds is 3. The summed E-state index contributed by atoms with van der Waals surface area (Å²) in [6.45, 7) is 0. The van der Waals surface area contributed by atoms with Crippen LogP contribution in [0.3, 0.4) is 0 Å². The predicted molar refractivity (Wildman–Crippen MR) is 91.7 cm³/mol. The maximum absolute atomic E-state index is 12.5. The molecule has 2 aromatic heterocycles. The van der Waals surface area contributed by atoms with E-state index >= 15 is 0 Å². The smallest absolute Gasteiger partial charge is 0.260 e. The standard InChI is InChI=1S/C14H10ClIN4O2/c1-22-11-7-10(16)9(15)6-8(11)14(21)19-13-2-4-17-12-3-5-18-20(12)13/h2-7H,1H3,(H,19,21). The van der Waals surface area contributed by atoms with Crippen LogP contribution in [0.5, 0.6) is 5.75 Å². The molecule has 22 heavy (non-hydrogen) atoms. The number of halogens is 2. The molecule has 0 saturated carbocycles. The summed E-state index contributed by atoms with van der Waals surface area (Å²) in [5.74, 6) is 0.631. The lowest BCUT2D eigenvalue weighted by Crippen LogP contribution is -2.16. The molecule has 0 aliphatic rings. The number of carbonyl (C=O) groups is 1. The molecule has 0 radical (unpaired) electrons. The first-order valence-electron chi connectivity index (χ1n) is 6.23. The molecule has 3 aromatic rings. The second kappa shape index (κ2) is 6.09. The third-order valence-electron chi connectivity index (χ3n) is 3.02. The number of fused-ring (bicyclic) bond motifs is 1. The van der Waals surface area contributed by atoms with Gasteiger partial charge in [0.15, 0.2) is 5.65 Å². The molecular weight excluding hydrogens is 419 g/mol. The van der Waals surface area contributed by atoms with Crippen LogP contribution in [-0.4, -0.2) is 27.6 Å². The van der Waals surface area contributed by atoms with Crippen molar-refractivity contribution in [1.82, 2.24) is 14.6 Å². The predicted octanol–water partition coefficient (Wildman–Crippen LogP) is 3.25. The molecule has 2 heterocycles. The first-order chi connectivity index (χ1) is 10.6. The highest BCUT2D eigenvalue weighted by molar-refractivity contribution is 14.1. The lowest BCUT2D eigenvalue weighted by molar-refractivity contribution is 0.102. The van der Waals surface area contributed by atoms with Gasteiger partial charge in [0.25, 0.3) is 5.91 Å². The van der Waals surface area contributed by atoms with E-state index in [1.165, 1.54) is 7.11 Å². The molecule has 0 atom stereocenters. The Balaban J connectivity index is 1.98. The molecule has 0 unspecified atom stereocenters. The molecule has 6 nitrogen and oxygen atoms in total. The van der Waals surface area contributed by atoms with Crippen LogP contribution in [0, 0.1) is 3.57 Å². The molecule has 0 saturated heterocycles. The van der Waals surface area contributed by atoms with Gasteiger partial charge in [-0.25, -0.2) is 4.98 Å². The van der Waals surface area contributed by atoms with Gasteiger partial charge in [0, 0.05) is 15.8 Å². The lowest BCUT2D eigenvalue weighted by Gasteiger charge is -2.11. The number of methoxy groups -OCH3 is 1. The fourth-order valence-corrected chi connectivity index (χ4v) is 2.59. The molecule has 0 fully saturated rings. The maximum Gasteiger partial charge on any atom is 0.260 e. The van der Waals surface area contributed by atoms with E-state index in [9.17, 15) is 4.79 Å². The average Bonchev–Trinajstić information content (AvgIpc) is 2.99. The Hall–Kier alpha value is -1.87. The zero-order chi connectivity index (χ0) is 15.7. The number of hydrogen-bond donors (Lipinski definition) is 1. The van der Waals surface area contributed by atoms with Gasteiger partial charge in [-0.3, -0.25) is 4.79 Å². The van der Waals surface area contributed by atoms with E-state index in [-0.39, 0.29) is 5.91 Å². The number of carbonyl (C=O) groups excluding carboxylic acids is 1. The van der Waals surface area contributed by atoms with Crippen LogP contribution in [0.15, 0.2) is 36.7 Å². The number of nitrogens with zero attached hydrogens (tertiary/aromatic N) is 3. The highest BCUT2D eigenvalue weighted by atomic mass is 127. The number of benzene rings is 1. The van der Waals surface area contributed by atoms with Gasteiger partial charge in [-0.1, -0.05) is 11.6 Å². The summed E-state index contributed by atoms with van der Waals surface area (Å²) in [7, 11) is 1.51. The number of ether oxygens (including phenoxy) is 1. The van der Waals surface area contributed by atoms with E-state index < -0.39 is 0 Å². The van der Waals surface area contributed by atoms with Gasteiger partial charge < -0.3 is 10.1 Å². The largest absolute Gasteiger partial charge is 0.496 e. The minimum Gasteiger partial charge on any atom is -0.496 e. The summed E-state index contributed by atoms with van der Waals surface area (Å²) < 4.78 is 7.60. The number of hydrogen-bond acceptors (Lipinski definition) is 4. The van der Waals surface area contributed by atoms with E-state index in [0.717, 1.165) is 3.57 Å². The van der Waals surface area contributed by atoms with E-state index in [4.69, 9.17) is 16.3 Å². The Bertz CT molecular complexity index is 865. The van der Waals surface area contributed by atoms with Crippen molar-refractivity contribution in [3.8, 4) is 5.75 Å². The molecule has 3 rings (SSSR count). The molecule has 1 aromatic carbocycles. The Morgan fingerprint density at radius 3 is 2.95 bits per heavy atom. The second-order valence-electron chi connectivity index (χ2n) is 4.35. The summed E-state index contributed by atoms with van der Waals surface area (Å²) >= 11 is 8.18. The summed E-state index contributed by atoms with van der Waals surface area (Å²) in [6.07, 6.45) is 3.21. The van der Waals surface area contributed by atoms with Gasteiger partial charge >= 0.3 is 0 Å². The maximum atomic E-state index is 12.5. The van der Waals surface area contributed by atoms with Crippen LogP contribution in [0.4, 0.5) is 5.82 Å². The highest BCUT2D eigenvalue weighted by Gasteiger charge is 2.16. The third kappa shape index (κ3) is 2.73. The van der Waals surface area contributed by atoms with Crippen LogP contribution in [0.25, 0.3) is 5.65 Å². The van der Waals surface area contributed by atoms with Gasteiger partial charge in [-0.05, 0) is 40.8 Å². The third-order valence-corrected chi connectivity index (χ3v) is 4.54. The topological polar surface area (TPSA) is 68.5 Å². The Morgan fingerprint density at radius 1 is 1.36 bits per heavy atom. The van der Waals surface area contributed by atoms with Crippen molar-refractivity contribution in [1.29, 1.82) is 0 Å². The molecule has 0 spiro atoms. The monoisotopic (exact) mass is 428 g/mol. The van der Waals surface area contributed by atoms with Crippen LogP contribution in [0.2, 0.25) is 5.02 Å². The van der Waals surface area contributed by atoms with Crippen molar-refractivity contribution in [2.75, 3.05) is 12.4 Å². The molecule has 0 aliphatic heterocycles. The van der Waals surface area contributed by atoms with E-state index in [1.54, 1.807) is 41.2 Å². The zero-order valence-corrected chi connectivity index (χ0v) is 14.3. The van der Waals surface area contributed by atoms with Crippen LogP contribution < -0.4 is 10.1 Å². The second-order valence-corrected chi connectivity index (χ2v) is 5.92. The van der Waals surface area contributed by atoms with Gasteiger partial charge in [0.2, 0.25) is 0 Å². The first-order valence-corrected chi connectivity index (χ1v) is 7.69. The van der Waals surface area contributed by atoms with E-state index in [0.29, 0.717) is 27.8 Å². The molecule has 0 aliphatic carbocycles. The minimum atomic E-state index is -0.335. The van der Waals surface area contributed by atoms with Gasteiger partial charge in [0.1, 0.15) is 11.6 Å². The number of aromatic nitrogens is 3. The molecule has 0 bridgehead atoms. The molecular formula is C14H10ClIN4O2. The highest BCUT2D eigenvalue weighted by Crippen LogP contribution is 2.28. The Morgan fingerprint density at radius 2 is 2.18 bits per heavy atom. The summed E-state index contributed by atoms with van der Waals surface area (Å²) in [4.78, 5) is 16.7. The summed E-state index contributed by atoms with van der Waals surface area (Å²) in [5, 5.41) is 7.40. The Labute approximate surface area is 144 Å². The Kier molecular flexibility index (Phi) is 4.16. The normalized spacial score (nSPS) is 10.7. The van der Waals surface area contributed by atoms with E-state index in [2.05, 4.69) is 38.0 Å². The zero-order valence-electron chi connectivity index (χ0n) is 11.4. The first kappa shape index (κ1) is 15.0. The van der Waals surface area contributed by atoms with Gasteiger partial charge in [0.05, 0.1) is 23.9 Å².